The maximum atomic E-state index is 12.0. The van der Waals surface area contributed by atoms with Crippen LogP contribution in [0.25, 0.3) is 0 Å². The Labute approximate surface area is 106 Å². The Morgan fingerprint density at radius 2 is 1.89 bits per heavy atom. The van der Waals surface area contributed by atoms with E-state index in [0.29, 0.717) is 5.69 Å². The van der Waals surface area contributed by atoms with Crippen LogP contribution in [-0.2, 0) is 4.79 Å². The van der Waals surface area contributed by atoms with Crippen molar-refractivity contribution in [2.45, 2.75) is 6.18 Å². The number of hydrogen-bond donors (Lipinski definition) is 2. The molecule has 0 spiro atoms. The molecule has 0 aliphatic rings. The molecular weight excluding hydrogens is 271 g/mol. The molecule has 0 aliphatic heterocycles. The number of nitrogens with two attached hydrogens (primary N) is 1. The zero-order valence-electron chi connectivity index (χ0n) is 8.96. The summed E-state index contributed by atoms with van der Waals surface area (Å²) in [7, 11) is 0. The summed E-state index contributed by atoms with van der Waals surface area (Å²) in [5.41, 5.74) is 5.82. The van der Waals surface area contributed by atoms with Gasteiger partial charge in [0, 0.05) is 5.69 Å². The molecule has 0 saturated heterocycles. The van der Waals surface area contributed by atoms with Crippen LogP contribution in [0.1, 0.15) is 0 Å². The number of benzene rings is 1. The smallest absolute Gasteiger partial charge is 0.386 e. The van der Waals surface area contributed by atoms with Gasteiger partial charge >= 0.3 is 12.1 Å². The molecule has 0 aromatic heterocycles. The summed E-state index contributed by atoms with van der Waals surface area (Å²) < 4.78 is 35.9. The van der Waals surface area contributed by atoms with Crippen LogP contribution < -0.4 is 11.1 Å². The van der Waals surface area contributed by atoms with Gasteiger partial charge in [0.2, 0.25) is 0 Å². The third kappa shape index (κ3) is 4.25. The number of alkyl halides is 4. The number of carbonyl (C=O) groups is 1. The zero-order valence-corrected chi connectivity index (χ0v) is 9.72. The fraction of sp³-hybridized carbons (Fsp3) is 0.200. The highest BCUT2D eigenvalue weighted by molar-refractivity contribution is 6.28. The van der Waals surface area contributed by atoms with Gasteiger partial charge in [0.1, 0.15) is 5.84 Å². The molecule has 0 aliphatic carbocycles. The van der Waals surface area contributed by atoms with Crippen LogP contribution in [0.4, 0.5) is 24.5 Å². The Morgan fingerprint density at radius 3 is 2.33 bits per heavy atom. The van der Waals surface area contributed by atoms with Crippen molar-refractivity contribution in [1.82, 2.24) is 0 Å². The zero-order chi connectivity index (χ0) is 13.8. The van der Waals surface area contributed by atoms with Crippen LogP contribution in [0.5, 0.6) is 0 Å². The van der Waals surface area contributed by atoms with E-state index in [1.165, 1.54) is 24.3 Å². The average Bonchev–Trinajstić information content (AvgIpc) is 2.30. The van der Waals surface area contributed by atoms with Gasteiger partial charge in [0.25, 0.3) is 0 Å². The molecule has 0 heterocycles. The van der Waals surface area contributed by atoms with Gasteiger partial charge in [0.15, 0.2) is 0 Å². The number of anilines is 1. The quantitative estimate of drug-likeness (QED) is 0.507. The standard InChI is InChI=1S/C10H9ClF3N3O/c11-5-8(15)16-6-1-3-7(4-2-6)17-9(18)10(12,13)14/h1-4H,5H2,(H2,15,16)(H,17,18). The number of nitrogens with zero attached hydrogens (tertiary/aromatic N) is 1. The van der Waals surface area contributed by atoms with Gasteiger partial charge in [-0.2, -0.15) is 13.2 Å². The van der Waals surface area contributed by atoms with Crippen molar-refractivity contribution in [2.75, 3.05) is 11.2 Å². The minimum absolute atomic E-state index is 0.0146. The molecule has 8 heteroatoms. The molecule has 18 heavy (non-hydrogen) atoms. The fourth-order valence-electron chi connectivity index (χ4n) is 1.02. The van der Waals surface area contributed by atoms with Gasteiger partial charge in [-0.15, -0.1) is 11.6 Å². The minimum Gasteiger partial charge on any atom is -0.386 e. The van der Waals surface area contributed by atoms with Crippen LogP contribution in [0.3, 0.4) is 0 Å². The lowest BCUT2D eigenvalue weighted by molar-refractivity contribution is -0.167. The summed E-state index contributed by atoms with van der Waals surface area (Å²) in [5.74, 6) is -1.80. The first-order valence-electron chi connectivity index (χ1n) is 4.70. The van der Waals surface area contributed by atoms with Crippen molar-refractivity contribution in [3.63, 3.8) is 0 Å². The molecule has 1 aromatic carbocycles. The maximum Gasteiger partial charge on any atom is 0.471 e. The van der Waals surface area contributed by atoms with Crippen molar-refractivity contribution in [2.24, 2.45) is 10.7 Å². The molecular formula is C10H9ClF3N3O. The molecule has 0 saturated carbocycles. The van der Waals surface area contributed by atoms with Gasteiger partial charge in [-0.25, -0.2) is 4.99 Å². The van der Waals surface area contributed by atoms with E-state index in [0.717, 1.165) is 0 Å². The van der Waals surface area contributed by atoms with E-state index in [1.807, 2.05) is 0 Å². The summed E-state index contributed by atoms with van der Waals surface area (Å²) in [4.78, 5) is 14.5. The molecule has 0 unspecified atom stereocenters. The number of aliphatic imine (C=N–C) groups is 1. The highest BCUT2D eigenvalue weighted by atomic mass is 35.5. The molecule has 1 rings (SSSR count). The molecule has 1 aromatic rings. The normalized spacial score (nSPS) is 12.3. The SMILES string of the molecule is NC(CCl)=Nc1ccc(NC(=O)C(F)(F)F)cc1. The highest BCUT2D eigenvalue weighted by Crippen LogP contribution is 2.20. The molecule has 0 bridgehead atoms. The Bertz CT molecular complexity index is 456. The minimum atomic E-state index is -4.92. The van der Waals surface area contributed by atoms with E-state index in [1.54, 1.807) is 5.32 Å². The second kappa shape index (κ2) is 5.72. The number of carbonyl (C=O) groups excluding carboxylic acids is 1. The van der Waals surface area contributed by atoms with Crippen LogP contribution >= 0.6 is 11.6 Å². The summed E-state index contributed by atoms with van der Waals surface area (Å²) in [6.45, 7) is 0. The highest BCUT2D eigenvalue weighted by Gasteiger charge is 2.38. The third-order valence-electron chi connectivity index (χ3n) is 1.79. The number of nitrogens with one attached hydrogen (secondary N) is 1. The van der Waals surface area contributed by atoms with E-state index >= 15 is 0 Å². The second-order valence-electron chi connectivity index (χ2n) is 3.24. The summed E-state index contributed by atoms with van der Waals surface area (Å²) in [6.07, 6.45) is -4.92. The van der Waals surface area contributed by atoms with Crippen LogP contribution in [-0.4, -0.2) is 23.8 Å². The first-order valence-corrected chi connectivity index (χ1v) is 5.23. The second-order valence-corrected chi connectivity index (χ2v) is 3.50. The van der Waals surface area contributed by atoms with Crippen LogP contribution in [0.2, 0.25) is 0 Å². The topological polar surface area (TPSA) is 67.5 Å². The Balaban J connectivity index is 2.75. The van der Waals surface area contributed by atoms with Gasteiger partial charge in [-0.05, 0) is 24.3 Å². The van der Waals surface area contributed by atoms with Crippen molar-refractivity contribution in [3.8, 4) is 0 Å². The lowest BCUT2D eigenvalue weighted by atomic mass is 10.3. The first kappa shape index (κ1) is 14.3. The Hall–Kier alpha value is -1.76. The predicted molar refractivity (Wildman–Crippen MR) is 63.1 cm³/mol. The number of hydrogen-bond acceptors (Lipinski definition) is 2. The monoisotopic (exact) mass is 279 g/mol. The van der Waals surface area contributed by atoms with Gasteiger partial charge in [0.05, 0.1) is 11.6 Å². The van der Waals surface area contributed by atoms with E-state index in [2.05, 4.69) is 4.99 Å². The van der Waals surface area contributed by atoms with Gasteiger partial charge in [-0.3, -0.25) is 4.79 Å². The van der Waals surface area contributed by atoms with Crippen molar-refractivity contribution >= 4 is 34.7 Å². The summed E-state index contributed by atoms with van der Waals surface area (Å²) >= 11 is 5.41. The average molecular weight is 280 g/mol. The van der Waals surface area contributed by atoms with Crippen molar-refractivity contribution in [1.29, 1.82) is 0 Å². The lowest BCUT2D eigenvalue weighted by Gasteiger charge is -2.07. The third-order valence-corrected chi connectivity index (χ3v) is 2.07. The first-order chi connectivity index (χ1) is 8.32. The van der Waals surface area contributed by atoms with Crippen molar-refractivity contribution < 1.29 is 18.0 Å². The van der Waals surface area contributed by atoms with E-state index in [-0.39, 0.29) is 17.4 Å². The molecule has 0 atom stereocenters. The number of amides is 1. The number of amidine groups is 1. The Kier molecular flexibility index (Phi) is 4.55. The molecule has 1 amide bonds. The van der Waals surface area contributed by atoms with Crippen LogP contribution in [0.15, 0.2) is 29.3 Å². The van der Waals surface area contributed by atoms with E-state index in [9.17, 15) is 18.0 Å². The molecule has 3 N–H and O–H groups in total. The Morgan fingerprint density at radius 1 is 1.33 bits per heavy atom. The molecule has 98 valence electrons. The fourth-order valence-corrected chi connectivity index (χ4v) is 1.08. The van der Waals surface area contributed by atoms with Gasteiger partial charge in [-0.1, -0.05) is 0 Å². The van der Waals surface area contributed by atoms with Crippen molar-refractivity contribution in [3.05, 3.63) is 24.3 Å². The van der Waals surface area contributed by atoms with Gasteiger partial charge < -0.3 is 11.1 Å². The number of halogens is 4. The number of rotatable bonds is 3. The lowest BCUT2D eigenvalue weighted by Crippen LogP contribution is -2.29. The summed E-state index contributed by atoms with van der Waals surface area (Å²) in [6, 6.07) is 5.38. The molecule has 0 radical (unpaired) electrons. The summed E-state index contributed by atoms with van der Waals surface area (Å²) in [5, 5.41) is 1.71. The van der Waals surface area contributed by atoms with Crippen LogP contribution in [0, 0.1) is 0 Å². The maximum absolute atomic E-state index is 12.0. The molecule has 4 nitrogen and oxygen atoms in total. The molecule has 0 fully saturated rings. The van der Waals surface area contributed by atoms with E-state index in [4.69, 9.17) is 17.3 Å². The van der Waals surface area contributed by atoms with E-state index < -0.39 is 12.1 Å². The largest absolute Gasteiger partial charge is 0.471 e. The predicted octanol–water partition coefficient (Wildman–Crippen LogP) is 2.41.